The van der Waals surface area contributed by atoms with Crippen molar-refractivity contribution in [2.75, 3.05) is 33.2 Å². The van der Waals surface area contributed by atoms with Crippen LogP contribution in [0.5, 0.6) is 0 Å². The Morgan fingerprint density at radius 2 is 1.23 bits per heavy atom. The fourth-order valence-corrected chi connectivity index (χ4v) is 7.59. The zero-order valence-electron chi connectivity index (χ0n) is 42.9. The van der Waals surface area contributed by atoms with E-state index in [0.29, 0.717) is 11.8 Å². The molecule has 3 aliphatic rings. The third-order valence-corrected chi connectivity index (χ3v) is 12.1. The molecule has 1 aliphatic carbocycles. The number of piperidine rings is 1. The number of rotatable bonds is 1. The van der Waals surface area contributed by atoms with Crippen LogP contribution < -0.4 is 5.32 Å². The van der Waals surface area contributed by atoms with Crippen LogP contribution in [0.15, 0.2) is 40.8 Å². The van der Waals surface area contributed by atoms with Crippen molar-refractivity contribution in [3.05, 3.63) is 53.2 Å². The molecule has 5 heterocycles. The number of carbonyl (C=O) groups is 3. The molecule has 0 spiro atoms. The molecule has 0 radical (unpaired) electrons. The highest BCUT2D eigenvalue weighted by Gasteiger charge is 2.52. The highest BCUT2D eigenvalue weighted by molar-refractivity contribution is 7.09. The summed E-state index contributed by atoms with van der Waals surface area (Å²) in [6.45, 7) is 43.5. The highest BCUT2D eigenvalue weighted by Crippen LogP contribution is 2.53. The van der Waals surface area contributed by atoms with E-state index in [1.807, 2.05) is 69.1 Å². The second kappa shape index (κ2) is 23.4. The van der Waals surface area contributed by atoms with Crippen LogP contribution in [0.1, 0.15) is 187 Å². The number of H-pyrrole nitrogens is 1. The topological polar surface area (TPSA) is 137 Å². The van der Waals surface area contributed by atoms with Gasteiger partial charge in [0.2, 0.25) is 17.7 Å². The van der Waals surface area contributed by atoms with Crippen LogP contribution in [0.25, 0.3) is 0 Å². The molecular weight excluding hydrogens is 795 g/mol. The first-order valence-electron chi connectivity index (χ1n) is 22.8. The lowest BCUT2D eigenvalue weighted by molar-refractivity contribution is -0.146. The Labute approximate surface area is 381 Å². The van der Waals surface area contributed by atoms with Gasteiger partial charge in [-0.25, -0.2) is 15.0 Å². The third kappa shape index (κ3) is 18.7. The molecular formula is C50H89N7O4S. The standard InChI is InChI=1S/2C10H19NO.C9H17NO.C7H12N2.C7H11NO.C7H11NS/c1-9(2,3)10(6-5-7-10)8(12)11-4;1-10(2,3)9(12)11-7-5-4-6-8-11;1-7-5-10(6-7)8(11)9(2,3)4;3*1-7(2,3)6-8-4-5-9-6/h5-7H2,1-4H3,(H,11,12);4-8H2,1-3H3;7H,5-6H2,1-4H3;4-5H,1-3H3,(H,8,9);2*4-5H,1-3H3. The normalized spacial score (nSPS) is 16.6. The Bertz CT molecular complexity index is 1590. The molecule has 3 fully saturated rings. The van der Waals surface area contributed by atoms with Gasteiger partial charge in [-0.15, -0.1) is 11.3 Å². The first kappa shape index (κ1) is 56.5. The first-order chi connectivity index (χ1) is 28.2. The number of imidazole rings is 1. The summed E-state index contributed by atoms with van der Waals surface area (Å²) >= 11 is 1.72. The van der Waals surface area contributed by atoms with Gasteiger partial charge in [0.05, 0.1) is 16.6 Å². The molecule has 0 aromatic carbocycles. The second-order valence-electron chi connectivity index (χ2n) is 23.3. The third-order valence-electron chi connectivity index (χ3n) is 10.9. The van der Waals surface area contributed by atoms with Gasteiger partial charge in [-0.2, -0.15) is 0 Å². The molecule has 11 nitrogen and oxygen atoms in total. The number of likely N-dealkylation sites (tertiary alicyclic amines) is 2. The molecule has 1 saturated carbocycles. The maximum Gasteiger partial charge on any atom is 0.227 e. The van der Waals surface area contributed by atoms with E-state index in [2.05, 4.69) is 115 Å². The van der Waals surface area contributed by atoms with Crippen molar-refractivity contribution in [1.82, 2.24) is 35.1 Å². The zero-order chi connectivity index (χ0) is 48.0. The Balaban J connectivity index is 0.000000374. The zero-order valence-corrected chi connectivity index (χ0v) is 43.7. The first-order valence-corrected chi connectivity index (χ1v) is 23.7. The van der Waals surface area contributed by atoms with Gasteiger partial charge >= 0.3 is 0 Å². The number of amides is 3. The van der Waals surface area contributed by atoms with E-state index in [4.69, 9.17) is 4.42 Å². The molecule has 3 aromatic heterocycles. The SMILES string of the molecule is CC(C)(C)C(=O)N1CCCCC1.CC(C)(C)c1ncc[nH]1.CC(C)(C)c1ncco1.CC(C)(C)c1nccs1.CC1CN(C(=O)C(C)(C)C)C1.CNC(=O)C1(C(C)(C)C)CCC1. The molecule has 3 aromatic rings. The van der Waals surface area contributed by atoms with Gasteiger partial charge in [0.1, 0.15) is 12.1 Å². The average Bonchev–Trinajstić information content (AvgIpc) is 3.93. The number of carbonyl (C=O) groups excluding carboxylic acids is 3. The largest absolute Gasteiger partial charge is 0.448 e. The van der Waals surface area contributed by atoms with Crippen molar-refractivity contribution < 1.29 is 18.8 Å². The van der Waals surface area contributed by atoms with E-state index in [-0.39, 0.29) is 49.7 Å². The quantitative estimate of drug-likeness (QED) is 0.248. The van der Waals surface area contributed by atoms with Crippen molar-refractivity contribution >= 4 is 29.1 Å². The summed E-state index contributed by atoms with van der Waals surface area (Å²) in [6, 6.07) is 0. The Hall–Kier alpha value is -3.54. The van der Waals surface area contributed by atoms with E-state index in [1.54, 1.807) is 37.0 Å². The number of hydrogen-bond acceptors (Lipinski definition) is 8. The van der Waals surface area contributed by atoms with Gasteiger partial charge in [0, 0.05) is 84.3 Å². The molecule has 0 unspecified atom stereocenters. The summed E-state index contributed by atoms with van der Waals surface area (Å²) in [6.07, 6.45) is 15.7. The molecule has 0 bridgehead atoms. The molecule has 6 rings (SSSR count). The van der Waals surface area contributed by atoms with Crippen LogP contribution >= 0.6 is 11.3 Å². The molecule has 12 heteroatoms. The monoisotopic (exact) mass is 884 g/mol. The van der Waals surface area contributed by atoms with E-state index in [0.717, 1.165) is 50.7 Å². The summed E-state index contributed by atoms with van der Waals surface area (Å²) in [5.74, 6) is 3.37. The highest BCUT2D eigenvalue weighted by atomic mass is 32.1. The van der Waals surface area contributed by atoms with Gasteiger partial charge in [0.15, 0.2) is 5.89 Å². The van der Waals surface area contributed by atoms with Gasteiger partial charge < -0.3 is 24.5 Å². The number of nitrogens with zero attached hydrogens (tertiary/aromatic N) is 5. The molecule has 0 atom stereocenters. The van der Waals surface area contributed by atoms with Crippen molar-refractivity contribution in [3.8, 4) is 0 Å². The van der Waals surface area contributed by atoms with Crippen LogP contribution in [0.2, 0.25) is 0 Å². The minimum absolute atomic E-state index is 0.0451. The Morgan fingerprint density at radius 3 is 1.47 bits per heavy atom. The Kier molecular flexibility index (Phi) is 21.3. The minimum Gasteiger partial charge on any atom is -0.448 e. The maximum absolute atomic E-state index is 11.7. The number of hydrogen-bond donors (Lipinski definition) is 2. The summed E-state index contributed by atoms with van der Waals surface area (Å²) in [4.78, 5) is 54.3. The van der Waals surface area contributed by atoms with Crippen molar-refractivity contribution in [2.24, 2.45) is 27.6 Å². The van der Waals surface area contributed by atoms with Crippen LogP contribution in [-0.2, 0) is 30.6 Å². The second-order valence-corrected chi connectivity index (χ2v) is 24.2. The van der Waals surface area contributed by atoms with Gasteiger partial charge in [-0.05, 0) is 43.4 Å². The molecule has 62 heavy (non-hydrogen) atoms. The van der Waals surface area contributed by atoms with Gasteiger partial charge in [-0.1, -0.05) is 138 Å². The fraction of sp³-hybridized carbons (Fsp3) is 0.760. The van der Waals surface area contributed by atoms with Gasteiger partial charge in [-0.3, -0.25) is 14.4 Å². The van der Waals surface area contributed by atoms with Crippen molar-refractivity contribution in [2.45, 2.75) is 186 Å². The summed E-state index contributed by atoms with van der Waals surface area (Å²) in [5.41, 5.74) is 0.0613. The van der Waals surface area contributed by atoms with Crippen LogP contribution in [-0.4, -0.2) is 80.7 Å². The van der Waals surface area contributed by atoms with E-state index < -0.39 is 0 Å². The summed E-state index contributed by atoms with van der Waals surface area (Å²) in [5, 5.41) is 6.00. The number of oxazole rings is 1. The molecule has 2 saturated heterocycles. The van der Waals surface area contributed by atoms with E-state index in [1.165, 1.54) is 30.7 Å². The van der Waals surface area contributed by atoms with Crippen LogP contribution in [0.3, 0.4) is 0 Å². The number of aromatic amines is 1. The number of aromatic nitrogens is 4. The van der Waals surface area contributed by atoms with Crippen molar-refractivity contribution in [3.63, 3.8) is 0 Å². The summed E-state index contributed by atoms with van der Waals surface area (Å²) < 4.78 is 5.09. The van der Waals surface area contributed by atoms with Crippen LogP contribution in [0, 0.1) is 27.6 Å². The maximum atomic E-state index is 11.7. The predicted octanol–water partition coefficient (Wildman–Crippen LogP) is 11.6. The number of thiazole rings is 1. The molecule has 2 N–H and O–H groups in total. The molecule has 2 aliphatic heterocycles. The smallest absolute Gasteiger partial charge is 0.227 e. The average molecular weight is 884 g/mol. The lowest BCUT2D eigenvalue weighted by Crippen LogP contribution is -2.52. The minimum atomic E-state index is -0.197. The van der Waals surface area contributed by atoms with Crippen molar-refractivity contribution in [1.29, 1.82) is 0 Å². The van der Waals surface area contributed by atoms with Gasteiger partial charge in [0.25, 0.3) is 0 Å². The predicted molar refractivity (Wildman–Crippen MR) is 258 cm³/mol. The number of nitrogens with one attached hydrogen (secondary N) is 2. The van der Waals surface area contributed by atoms with E-state index >= 15 is 0 Å². The Morgan fingerprint density at radius 1 is 0.694 bits per heavy atom. The lowest BCUT2D eigenvalue weighted by atomic mass is 9.54. The lowest BCUT2D eigenvalue weighted by Gasteiger charge is -2.49. The molecule has 3 amide bonds. The van der Waals surface area contributed by atoms with Crippen LogP contribution in [0.4, 0.5) is 0 Å². The fourth-order valence-electron chi connectivity index (χ4n) is 6.86. The summed E-state index contributed by atoms with van der Waals surface area (Å²) in [7, 11) is 1.73. The van der Waals surface area contributed by atoms with E-state index in [9.17, 15) is 14.4 Å². The molecule has 354 valence electrons.